The van der Waals surface area contributed by atoms with Crippen molar-refractivity contribution in [2.45, 2.75) is 57.9 Å². The van der Waals surface area contributed by atoms with Gasteiger partial charge in [0.1, 0.15) is 18.8 Å². The SMILES string of the molecule is BBc1cc(C(C(=O)N2C[C@H](O)C[C@H]2C2=NOC(C)(C)N2)C(C)C)on1. The monoisotopic (exact) mass is 360 g/mol. The van der Waals surface area contributed by atoms with Gasteiger partial charge < -0.3 is 24.7 Å². The van der Waals surface area contributed by atoms with E-state index < -0.39 is 17.7 Å². The van der Waals surface area contributed by atoms with Gasteiger partial charge in [-0.1, -0.05) is 24.2 Å². The molecule has 3 rings (SSSR count). The third-order valence-electron chi connectivity index (χ3n) is 4.86. The topological polar surface area (TPSA) is 100 Å². The molecule has 2 aliphatic heterocycles. The lowest BCUT2D eigenvalue weighted by Gasteiger charge is -2.29. The summed E-state index contributed by atoms with van der Waals surface area (Å²) in [5, 5.41) is 21.5. The maximum absolute atomic E-state index is 13.4. The van der Waals surface area contributed by atoms with E-state index in [0.717, 1.165) is 12.8 Å². The van der Waals surface area contributed by atoms with Crippen LogP contribution in [0.1, 0.15) is 45.8 Å². The lowest BCUT2D eigenvalue weighted by Crippen LogP contribution is -2.50. The van der Waals surface area contributed by atoms with Gasteiger partial charge in [0.2, 0.25) is 11.6 Å². The zero-order valence-electron chi connectivity index (χ0n) is 16.0. The smallest absolute Gasteiger partial charge is 0.234 e. The molecule has 26 heavy (non-hydrogen) atoms. The molecule has 0 bridgehead atoms. The van der Waals surface area contributed by atoms with Gasteiger partial charge in [-0.05, 0) is 25.8 Å². The molecule has 1 unspecified atom stereocenters. The minimum Gasteiger partial charge on any atom is -0.391 e. The molecule has 10 heteroatoms. The van der Waals surface area contributed by atoms with Crippen LogP contribution in [0.2, 0.25) is 0 Å². The molecule has 0 saturated carbocycles. The van der Waals surface area contributed by atoms with Crippen LogP contribution in [0, 0.1) is 5.92 Å². The molecule has 1 aromatic heterocycles. The Hall–Kier alpha value is -1.96. The molecule has 0 aromatic carbocycles. The van der Waals surface area contributed by atoms with Crippen LogP contribution >= 0.6 is 0 Å². The second-order valence-corrected chi connectivity index (χ2v) is 7.89. The molecule has 2 aliphatic rings. The van der Waals surface area contributed by atoms with Gasteiger partial charge >= 0.3 is 0 Å². The van der Waals surface area contributed by atoms with Crippen molar-refractivity contribution in [2.75, 3.05) is 6.54 Å². The summed E-state index contributed by atoms with van der Waals surface area (Å²) < 4.78 is 5.45. The van der Waals surface area contributed by atoms with Crippen molar-refractivity contribution < 1.29 is 19.3 Å². The van der Waals surface area contributed by atoms with E-state index in [1.807, 2.05) is 41.5 Å². The van der Waals surface area contributed by atoms with Crippen LogP contribution in [0.5, 0.6) is 0 Å². The molecule has 1 fully saturated rings. The van der Waals surface area contributed by atoms with Crippen molar-refractivity contribution in [3.05, 3.63) is 11.8 Å². The van der Waals surface area contributed by atoms with E-state index in [1.165, 1.54) is 0 Å². The first-order valence-electron chi connectivity index (χ1n) is 9.20. The minimum atomic E-state index is -0.615. The van der Waals surface area contributed by atoms with Gasteiger partial charge in [0, 0.05) is 18.6 Å². The number of aliphatic hydroxyl groups is 1. The highest BCUT2D eigenvalue weighted by molar-refractivity contribution is 6.97. The molecule has 1 aromatic rings. The number of hydrogen-bond donors (Lipinski definition) is 2. The normalized spacial score (nSPS) is 25.6. The first-order valence-corrected chi connectivity index (χ1v) is 9.20. The highest BCUT2D eigenvalue weighted by Crippen LogP contribution is 2.31. The van der Waals surface area contributed by atoms with E-state index >= 15 is 0 Å². The van der Waals surface area contributed by atoms with Crippen LogP contribution in [-0.4, -0.2) is 66.2 Å². The Kier molecular flexibility index (Phi) is 5.05. The number of carbonyl (C=O) groups is 1. The Balaban J connectivity index is 1.85. The number of nitrogens with zero attached hydrogens (tertiary/aromatic N) is 3. The summed E-state index contributed by atoms with van der Waals surface area (Å²) in [4.78, 5) is 20.4. The van der Waals surface area contributed by atoms with E-state index in [4.69, 9.17) is 9.36 Å². The molecular weight excluding hydrogens is 334 g/mol. The van der Waals surface area contributed by atoms with Crippen molar-refractivity contribution in [1.29, 1.82) is 0 Å². The highest BCUT2D eigenvalue weighted by atomic mass is 16.7. The number of amidine groups is 1. The summed E-state index contributed by atoms with van der Waals surface area (Å²) in [6.07, 6.45) is -0.163. The summed E-state index contributed by atoms with van der Waals surface area (Å²) in [6, 6.07) is 1.51. The van der Waals surface area contributed by atoms with Crippen molar-refractivity contribution in [3.63, 3.8) is 0 Å². The number of likely N-dealkylation sites (tertiary alicyclic amines) is 1. The van der Waals surface area contributed by atoms with Crippen LogP contribution < -0.4 is 10.9 Å². The first-order chi connectivity index (χ1) is 12.2. The fourth-order valence-corrected chi connectivity index (χ4v) is 3.53. The molecule has 0 spiro atoms. The molecule has 3 heterocycles. The van der Waals surface area contributed by atoms with Gasteiger partial charge in [0.25, 0.3) is 0 Å². The van der Waals surface area contributed by atoms with E-state index in [0.29, 0.717) is 18.0 Å². The van der Waals surface area contributed by atoms with E-state index in [9.17, 15) is 9.90 Å². The van der Waals surface area contributed by atoms with Crippen LogP contribution in [0.15, 0.2) is 15.7 Å². The van der Waals surface area contributed by atoms with Crippen LogP contribution in [-0.2, 0) is 9.63 Å². The van der Waals surface area contributed by atoms with Crippen molar-refractivity contribution in [3.8, 4) is 0 Å². The van der Waals surface area contributed by atoms with Crippen molar-refractivity contribution >= 4 is 32.2 Å². The average molecular weight is 360 g/mol. The molecule has 2 N–H and O–H groups in total. The van der Waals surface area contributed by atoms with Gasteiger partial charge in [0.15, 0.2) is 5.84 Å². The maximum atomic E-state index is 13.4. The molecule has 3 atom stereocenters. The number of carbonyl (C=O) groups excluding carboxylic acids is 1. The number of rotatable bonds is 5. The molecule has 0 radical (unpaired) electrons. The Morgan fingerprint density at radius 1 is 1.54 bits per heavy atom. The largest absolute Gasteiger partial charge is 0.391 e. The van der Waals surface area contributed by atoms with Crippen molar-refractivity contribution in [2.24, 2.45) is 11.1 Å². The van der Waals surface area contributed by atoms with Gasteiger partial charge in [0.05, 0.1) is 19.9 Å². The van der Waals surface area contributed by atoms with E-state index in [1.54, 1.807) is 4.90 Å². The fourth-order valence-electron chi connectivity index (χ4n) is 3.53. The number of aromatic nitrogens is 1. The minimum absolute atomic E-state index is 0.0321. The standard InChI is InChI=1S/C16H26B2N4O4/c1-8(2)13(11-6-12(18-17)20-25-11)15(24)22-7-9(23)5-10(22)14-19-16(3,4)26-21-14/h6,8-10,13,18,23H,5,7,17H2,1-4H3,(H,19,21)/t9-,10+,13?/m1/s1. The number of nitrogens with one attached hydrogen (secondary N) is 1. The summed E-state index contributed by atoms with van der Waals surface area (Å²) in [6.45, 7) is 7.95. The zero-order valence-corrected chi connectivity index (χ0v) is 16.0. The van der Waals surface area contributed by atoms with Gasteiger partial charge in [-0.3, -0.25) is 4.79 Å². The Morgan fingerprint density at radius 2 is 2.27 bits per heavy atom. The predicted octanol–water partition coefficient (Wildman–Crippen LogP) is -1.34. The number of oxime groups is 1. The number of β-amino-alcohol motifs (C(OH)–C–C–N with tert-alkyl or cyclic N) is 1. The molecule has 8 nitrogen and oxygen atoms in total. The fraction of sp³-hybridized carbons (Fsp3) is 0.688. The average Bonchev–Trinajstić information content (AvgIpc) is 3.25. The molecule has 140 valence electrons. The maximum Gasteiger partial charge on any atom is 0.234 e. The molecule has 1 amide bonds. The Bertz CT molecular complexity index is 706. The number of aliphatic hydroxyl groups excluding tert-OH is 1. The van der Waals surface area contributed by atoms with E-state index in [-0.39, 0.29) is 24.4 Å². The molecule has 0 aliphatic carbocycles. The predicted molar refractivity (Wildman–Crippen MR) is 101 cm³/mol. The lowest BCUT2D eigenvalue weighted by atomic mass is 9.53. The first kappa shape index (κ1) is 18.8. The van der Waals surface area contributed by atoms with Crippen molar-refractivity contribution in [1.82, 2.24) is 15.4 Å². The summed E-state index contributed by atoms with van der Waals surface area (Å²) in [7, 11) is 2.74. The zero-order chi connectivity index (χ0) is 19.1. The highest BCUT2D eigenvalue weighted by Gasteiger charge is 2.45. The second kappa shape index (κ2) is 6.98. The number of amides is 1. The Morgan fingerprint density at radius 3 is 2.81 bits per heavy atom. The summed E-state index contributed by atoms with van der Waals surface area (Å²) >= 11 is 0. The number of hydrogen-bond acceptors (Lipinski definition) is 7. The Labute approximate surface area is 154 Å². The van der Waals surface area contributed by atoms with Gasteiger partial charge in [-0.15, -0.1) is 0 Å². The van der Waals surface area contributed by atoms with Gasteiger partial charge in [-0.2, -0.15) is 0 Å². The third-order valence-corrected chi connectivity index (χ3v) is 4.86. The quantitative estimate of drug-likeness (QED) is 0.631. The van der Waals surface area contributed by atoms with Crippen LogP contribution in [0.3, 0.4) is 0 Å². The molecular formula is C16H26B2N4O4. The third kappa shape index (κ3) is 3.60. The summed E-state index contributed by atoms with van der Waals surface area (Å²) in [5.41, 5.74) is 0.212. The van der Waals surface area contributed by atoms with Crippen LogP contribution in [0.25, 0.3) is 0 Å². The van der Waals surface area contributed by atoms with Crippen LogP contribution in [0.4, 0.5) is 0 Å². The molecule has 1 saturated heterocycles. The lowest BCUT2D eigenvalue weighted by molar-refractivity contribution is -0.134. The second-order valence-electron chi connectivity index (χ2n) is 7.89. The van der Waals surface area contributed by atoms with Gasteiger partial charge in [-0.25, -0.2) is 0 Å². The van der Waals surface area contributed by atoms with E-state index in [2.05, 4.69) is 15.6 Å². The summed E-state index contributed by atoms with van der Waals surface area (Å²) in [5.74, 6) is 0.639.